The molecule has 0 radical (unpaired) electrons. The zero-order chi connectivity index (χ0) is 24.9. The van der Waals surface area contributed by atoms with Gasteiger partial charge in [-0.1, -0.05) is 56.3 Å². The van der Waals surface area contributed by atoms with Crippen molar-refractivity contribution in [2.75, 3.05) is 11.1 Å². The zero-order valence-corrected chi connectivity index (χ0v) is 20.9. The Morgan fingerprint density at radius 2 is 1.91 bits per heavy atom. The lowest BCUT2D eigenvalue weighted by Crippen LogP contribution is -2.15. The molecule has 0 aliphatic carbocycles. The van der Waals surface area contributed by atoms with E-state index in [0.717, 1.165) is 5.75 Å². The van der Waals surface area contributed by atoms with Crippen LogP contribution < -0.4 is 10.1 Å². The van der Waals surface area contributed by atoms with Crippen LogP contribution >= 0.6 is 23.4 Å². The molecule has 2 aromatic carbocycles. The number of nitrogens with zero attached hydrogens (tertiary/aromatic N) is 4. The van der Waals surface area contributed by atoms with Gasteiger partial charge in [0.15, 0.2) is 11.0 Å². The van der Waals surface area contributed by atoms with Crippen molar-refractivity contribution in [1.82, 2.24) is 14.8 Å². The normalized spacial score (nSPS) is 11.3. The minimum atomic E-state index is -0.598. The summed E-state index contributed by atoms with van der Waals surface area (Å²) in [6, 6.07) is 12.1. The minimum absolute atomic E-state index is 0.00770. The van der Waals surface area contributed by atoms with E-state index in [9.17, 15) is 14.9 Å². The highest BCUT2D eigenvalue weighted by molar-refractivity contribution is 7.99. The number of ether oxygens (including phenoxy) is 1. The Bertz CT molecular complexity index is 1180. The van der Waals surface area contributed by atoms with Crippen molar-refractivity contribution < 1.29 is 14.5 Å². The molecule has 0 spiro atoms. The molecule has 0 atom stereocenters. The maximum absolute atomic E-state index is 12.4. The van der Waals surface area contributed by atoms with Gasteiger partial charge in [-0.05, 0) is 42.2 Å². The smallest absolute Gasteiger partial charge is 0.289 e. The van der Waals surface area contributed by atoms with E-state index >= 15 is 0 Å². The topological polar surface area (TPSA) is 112 Å². The number of benzene rings is 2. The second kappa shape index (κ2) is 10.9. The van der Waals surface area contributed by atoms with Crippen molar-refractivity contribution in [3.8, 4) is 5.75 Å². The predicted molar refractivity (Wildman–Crippen MR) is 133 cm³/mol. The number of nitro benzene ring substituents is 1. The summed E-state index contributed by atoms with van der Waals surface area (Å²) in [7, 11) is 0. The lowest BCUT2D eigenvalue weighted by Gasteiger charge is -2.19. The van der Waals surface area contributed by atoms with Gasteiger partial charge in [-0.2, -0.15) is 0 Å². The molecule has 0 saturated heterocycles. The third-order valence-electron chi connectivity index (χ3n) is 4.96. The number of thioether (sulfide) groups is 1. The van der Waals surface area contributed by atoms with Gasteiger partial charge in [0.2, 0.25) is 5.91 Å². The van der Waals surface area contributed by atoms with Crippen LogP contribution in [-0.4, -0.2) is 31.3 Å². The lowest BCUT2D eigenvalue weighted by atomic mass is 9.87. The summed E-state index contributed by atoms with van der Waals surface area (Å²) in [4.78, 5) is 22.8. The Labute approximate surface area is 207 Å². The molecule has 3 rings (SSSR count). The molecule has 0 bridgehead atoms. The molecule has 9 nitrogen and oxygen atoms in total. The van der Waals surface area contributed by atoms with Crippen molar-refractivity contribution in [1.29, 1.82) is 0 Å². The molecule has 0 fully saturated rings. The van der Waals surface area contributed by atoms with Gasteiger partial charge in [0, 0.05) is 18.3 Å². The fourth-order valence-electron chi connectivity index (χ4n) is 3.11. The molecule has 0 unspecified atom stereocenters. The first-order chi connectivity index (χ1) is 16.1. The molecule has 1 heterocycles. The highest BCUT2D eigenvalue weighted by Crippen LogP contribution is 2.28. The standard InChI is InChI=1S/C23H26ClN5O4S/c1-5-28-20(13-33-17-9-6-15(7-10-17)23(2,3)4)26-27-22(28)34-14-21(30)25-16-8-11-18(24)19(12-16)29(31)32/h6-12H,5,13-14H2,1-4H3,(H,25,30). The van der Waals surface area contributed by atoms with Gasteiger partial charge >= 0.3 is 0 Å². The van der Waals surface area contributed by atoms with E-state index in [1.165, 1.54) is 35.5 Å². The maximum atomic E-state index is 12.4. The Morgan fingerprint density at radius 3 is 2.53 bits per heavy atom. The first kappa shape index (κ1) is 25.5. The Kier molecular flexibility index (Phi) is 8.16. The SMILES string of the molecule is CCn1c(COc2ccc(C(C)(C)C)cc2)nnc1SCC(=O)Nc1ccc(Cl)c([N+](=O)[O-])c1. The van der Waals surface area contributed by atoms with E-state index in [2.05, 4.69) is 48.4 Å². The maximum Gasteiger partial charge on any atom is 0.289 e. The van der Waals surface area contributed by atoms with Crippen LogP contribution in [0.4, 0.5) is 11.4 Å². The summed E-state index contributed by atoms with van der Waals surface area (Å²) in [6.07, 6.45) is 0. The van der Waals surface area contributed by atoms with Crippen LogP contribution in [0.2, 0.25) is 5.02 Å². The molecule has 3 aromatic rings. The molecule has 1 aromatic heterocycles. The molecule has 180 valence electrons. The van der Waals surface area contributed by atoms with Crippen molar-refractivity contribution in [2.45, 2.75) is 51.4 Å². The van der Waals surface area contributed by atoms with Crippen molar-refractivity contribution in [3.05, 3.63) is 69.0 Å². The summed E-state index contributed by atoms with van der Waals surface area (Å²) >= 11 is 7.03. The highest BCUT2D eigenvalue weighted by Gasteiger charge is 2.17. The van der Waals surface area contributed by atoms with Gasteiger partial charge in [-0.3, -0.25) is 14.9 Å². The summed E-state index contributed by atoms with van der Waals surface area (Å²) < 4.78 is 7.77. The van der Waals surface area contributed by atoms with Crippen LogP contribution in [0.25, 0.3) is 0 Å². The highest BCUT2D eigenvalue weighted by atomic mass is 35.5. The Balaban J connectivity index is 1.58. The Hall–Kier alpha value is -3.11. The molecule has 0 aliphatic rings. The fraction of sp³-hybridized carbons (Fsp3) is 0.348. The summed E-state index contributed by atoms with van der Waals surface area (Å²) in [5, 5.41) is 22.6. The third kappa shape index (κ3) is 6.48. The van der Waals surface area contributed by atoms with E-state index < -0.39 is 4.92 Å². The van der Waals surface area contributed by atoms with Gasteiger partial charge in [-0.25, -0.2) is 0 Å². The predicted octanol–water partition coefficient (Wildman–Crippen LogP) is 5.47. The molecule has 34 heavy (non-hydrogen) atoms. The number of hydrogen-bond acceptors (Lipinski definition) is 7. The Morgan fingerprint density at radius 1 is 1.21 bits per heavy atom. The van der Waals surface area contributed by atoms with Crippen LogP contribution in [0, 0.1) is 10.1 Å². The van der Waals surface area contributed by atoms with E-state index in [1.54, 1.807) is 0 Å². The number of nitro groups is 1. The van der Waals surface area contributed by atoms with E-state index in [-0.39, 0.29) is 34.4 Å². The van der Waals surface area contributed by atoms with Crippen molar-refractivity contribution >= 4 is 40.6 Å². The number of aromatic nitrogens is 3. The summed E-state index contributed by atoms with van der Waals surface area (Å²) in [5.41, 5.74) is 1.32. The average Bonchev–Trinajstić information content (AvgIpc) is 3.19. The largest absolute Gasteiger partial charge is 0.486 e. The van der Waals surface area contributed by atoms with Crippen molar-refractivity contribution in [3.63, 3.8) is 0 Å². The molecular formula is C23H26ClN5O4S. The number of halogens is 1. The minimum Gasteiger partial charge on any atom is -0.486 e. The van der Waals surface area contributed by atoms with Gasteiger partial charge in [0.25, 0.3) is 5.69 Å². The molecule has 1 N–H and O–H groups in total. The van der Waals surface area contributed by atoms with Gasteiger partial charge in [0.05, 0.1) is 10.7 Å². The van der Waals surface area contributed by atoms with Crippen LogP contribution in [0.1, 0.15) is 39.1 Å². The molecule has 0 aliphatic heterocycles. The second-order valence-corrected chi connectivity index (χ2v) is 9.82. The number of carbonyl (C=O) groups excluding carboxylic acids is 1. The number of amides is 1. The second-order valence-electron chi connectivity index (χ2n) is 8.47. The van der Waals surface area contributed by atoms with E-state index in [4.69, 9.17) is 16.3 Å². The molecule has 11 heteroatoms. The van der Waals surface area contributed by atoms with Crippen molar-refractivity contribution in [2.24, 2.45) is 0 Å². The molecular weight excluding hydrogens is 478 g/mol. The first-order valence-corrected chi connectivity index (χ1v) is 12.0. The van der Waals surface area contributed by atoms with Crippen LogP contribution in [0.15, 0.2) is 47.6 Å². The summed E-state index contributed by atoms with van der Waals surface area (Å²) in [6.45, 7) is 9.29. The third-order valence-corrected chi connectivity index (χ3v) is 6.24. The molecule has 0 saturated carbocycles. The fourth-order valence-corrected chi connectivity index (χ4v) is 4.11. The van der Waals surface area contributed by atoms with Gasteiger partial charge in [0.1, 0.15) is 17.4 Å². The number of carbonyl (C=O) groups is 1. The van der Waals surface area contributed by atoms with Gasteiger partial charge < -0.3 is 14.6 Å². The van der Waals surface area contributed by atoms with E-state index in [0.29, 0.717) is 23.2 Å². The van der Waals surface area contributed by atoms with Gasteiger partial charge in [-0.15, -0.1) is 10.2 Å². The number of anilines is 1. The quantitative estimate of drug-likeness (QED) is 0.234. The first-order valence-electron chi connectivity index (χ1n) is 10.6. The average molecular weight is 504 g/mol. The number of rotatable bonds is 9. The van der Waals surface area contributed by atoms with Crippen LogP contribution in [0.5, 0.6) is 5.75 Å². The van der Waals surface area contributed by atoms with Crippen LogP contribution in [0.3, 0.4) is 0 Å². The lowest BCUT2D eigenvalue weighted by molar-refractivity contribution is -0.384. The number of hydrogen-bond donors (Lipinski definition) is 1. The van der Waals surface area contributed by atoms with E-state index in [1.807, 2.05) is 23.6 Å². The van der Waals surface area contributed by atoms with Crippen LogP contribution in [-0.2, 0) is 23.4 Å². The molecule has 1 amide bonds. The monoisotopic (exact) mass is 503 g/mol. The summed E-state index contributed by atoms with van der Waals surface area (Å²) in [5.74, 6) is 1.12. The zero-order valence-electron chi connectivity index (χ0n) is 19.4. The number of nitrogens with one attached hydrogen (secondary N) is 1.